The van der Waals surface area contributed by atoms with Gasteiger partial charge in [0.05, 0.1) is 12.1 Å². The standard InChI is InChI=1S/C21H16F4N4O5S/c1-8-9(16-17(31)28(2)21(32)29(3)18(16)33-8)5-15(30)27-20-26-13(7-35-20)10-4-12(23)14(6-11(10)22)34-19(24)25/h4,6-7,19H,5H2,1-3H3,(H,26,27,30). The van der Waals surface area contributed by atoms with Crippen LogP contribution in [0.4, 0.5) is 22.7 Å². The molecule has 4 rings (SSSR count). The fourth-order valence-electron chi connectivity index (χ4n) is 3.49. The molecule has 0 atom stereocenters. The first-order chi connectivity index (χ1) is 16.5. The highest BCUT2D eigenvalue weighted by Gasteiger charge is 2.22. The lowest BCUT2D eigenvalue weighted by atomic mass is 10.1. The summed E-state index contributed by atoms with van der Waals surface area (Å²) in [6, 6.07) is 1.14. The van der Waals surface area contributed by atoms with Crippen molar-refractivity contribution >= 4 is 33.5 Å². The Morgan fingerprint density at radius 1 is 1.20 bits per heavy atom. The molecule has 0 bridgehead atoms. The smallest absolute Gasteiger partial charge is 0.387 e. The summed E-state index contributed by atoms with van der Waals surface area (Å²) in [5.41, 5.74) is -1.24. The Balaban J connectivity index is 1.58. The summed E-state index contributed by atoms with van der Waals surface area (Å²) in [5, 5.41) is 3.98. The molecule has 0 saturated heterocycles. The van der Waals surface area contributed by atoms with Gasteiger partial charge in [0, 0.05) is 36.7 Å². The van der Waals surface area contributed by atoms with Gasteiger partial charge in [-0.25, -0.2) is 18.6 Å². The van der Waals surface area contributed by atoms with Gasteiger partial charge in [-0.3, -0.25) is 18.7 Å². The Morgan fingerprint density at radius 3 is 2.60 bits per heavy atom. The number of nitrogens with zero attached hydrogens (tertiary/aromatic N) is 3. The van der Waals surface area contributed by atoms with Gasteiger partial charge in [0.1, 0.15) is 17.0 Å². The van der Waals surface area contributed by atoms with Crippen molar-refractivity contribution in [1.82, 2.24) is 14.1 Å². The summed E-state index contributed by atoms with van der Waals surface area (Å²) in [5.74, 6) is -3.51. The van der Waals surface area contributed by atoms with Gasteiger partial charge in [0.2, 0.25) is 11.6 Å². The molecule has 0 aliphatic rings. The number of carbonyl (C=O) groups excluding carboxylic acids is 1. The number of fused-ring (bicyclic) bond motifs is 1. The van der Waals surface area contributed by atoms with E-state index < -0.39 is 41.2 Å². The third-order valence-corrected chi connectivity index (χ3v) is 5.95. The topological polar surface area (TPSA) is 108 Å². The van der Waals surface area contributed by atoms with E-state index in [2.05, 4.69) is 15.0 Å². The molecule has 0 aliphatic carbocycles. The fourth-order valence-corrected chi connectivity index (χ4v) is 4.22. The first-order valence-corrected chi connectivity index (χ1v) is 10.7. The number of furan rings is 1. The van der Waals surface area contributed by atoms with Gasteiger partial charge < -0.3 is 14.5 Å². The molecule has 3 heterocycles. The predicted octanol–water partition coefficient (Wildman–Crippen LogP) is 3.32. The van der Waals surface area contributed by atoms with Crippen LogP contribution in [0.2, 0.25) is 0 Å². The average molecular weight is 512 g/mol. The fraction of sp³-hybridized carbons (Fsp3) is 0.238. The quantitative estimate of drug-likeness (QED) is 0.397. The first-order valence-electron chi connectivity index (χ1n) is 9.85. The molecule has 0 fully saturated rings. The van der Waals surface area contributed by atoms with Crippen LogP contribution in [-0.2, 0) is 25.3 Å². The highest BCUT2D eigenvalue weighted by molar-refractivity contribution is 7.14. The van der Waals surface area contributed by atoms with Gasteiger partial charge in [-0.15, -0.1) is 11.3 Å². The highest BCUT2D eigenvalue weighted by atomic mass is 32.1. The van der Waals surface area contributed by atoms with Crippen LogP contribution in [0.1, 0.15) is 11.3 Å². The molecule has 35 heavy (non-hydrogen) atoms. The largest absolute Gasteiger partial charge is 0.444 e. The van der Waals surface area contributed by atoms with E-state index in [-0.39, 0.29) is 45.2 Å². The van der Waals surface area contributed by atoms with E-state index >= 15 is 0 Å². The second-order valence-electron chi connectivity index (χ2n) is 7.43. The molecule has 184 valence electrons. The Labute approximate surface area is 197 Å². The van der Waals surface area contributed by atoms with Crippen LogP contribution in [0.15, 0.2) is 31.5 Å². The van der Waals surface area contributed by atoms with Gasteiger partial charge in [-0.2, -0.15) is 8.78 Å². The maximum atomic E-state index is 14.3. The summed E-state index contributed by atoms with van der Waals surface area (Å²) in [7, 11) is 2.74. The molecule has 0 aliphatic heterocycles. The molecule has 0 unspecified atom stereocenters. The van der Waals surface area contributed by atoms with Crippen molar-refractivity contribution in [3.8, 4) is 17.0 Å². The summed E-state index contributed by atoms with van der Waals surface area (Å²) in [6.45, 7) is -1.77. The highest BCUT2D eigenvalue weighted by Crippen LogP contribution is 2.32. The van der Waals surface area contributed by atoms with Gasteiger partial charge in [-0.1, -0.05) is 0 Å². The summed E-state index contributed by atoms with van der Waals surface area (Å²) in [4.78, 5) is 41.4. The molecule has 1 N–H and O–H groups in total. The number of hydrogen-bond donors (Lipinski definition) is 1. The van der Waals surface area contributed by atoms with E-state index in [0.29, 0.717) is 12.1 Å². The number of halogens is 4. The van der Waals surface area contributed by atoms with Crippen molar-refractivity contribution in [3.63, 3.8) is 0 Å². The van der Waals surface area contributed by atoms with Crippen LogP contribution >= 0.6 is 11.3 Å². The van der Waals surface area contributed by atoms with E-state index in [9.17, 15) is 31.9 Å². The molecule has 4 aromatic rings. The minimum atomic E-state index is -3.32. The molecule has 0 radical (unpaired) electrons. The Hall–Kier alpha value is -3.94. The van der Waals surface area contributed by atoms with Crippen molar-refractivity contribution in [3.05, 3.63) is 61.3 Å². The van der Waals surface area contributed by atoms with E-state index in [1.807, 2.05) is 0 Å². The van der Waals surface area contributed by atoms with Crippen molar-refractivity contribution in [1.29, 1.82) is 0 Å². The maximum absolute atomic E-state index is 14.3. The van der Waals surface area contributed by atoms with E-state index in [1.165, 1.54) is 19.5 Å². The normalized spacial score (nSPS) is 11.4. The second-order valence-corrected chi connectivity index (χ2v) is 8.28. The number of anilines is 1. The second kappa shape index (κ2) is 9.02. The number of hydrogen-bond acceptors (Lipinski definition) is 7. The summed E-state index contributed by atoms with van der Waals surface area (Å²) >= 11 is 0.914. The third kappa shape index (κ3) is 4.43. The molecule has 14 heteroatoms. The van der Waals surface area contributed by atoms with Gasteiger partial charge in [-0.05, 0) is 13.0 Å². The number of rotatable bonds is 6. The number of aryl methyl sites for hydroxylation is 2. The van der Waals surface area contributed by atoms with Gasteiger partial charge >= 0.3 is 12.3 Å². The van der Waals surface area contributed by atoms with Crippen molar-refractivity contribution in [2.75, 3.05) is 5.32 Å². The number of carbonyl (C=O) groups is 1. The van der Waals surface area contributed by atoms with Crippen molar-refractivity contribution in [2.45, 2.75) is 20.0 Å². The Bertz CT molecular complexity index is 1590. The van der Waals surface area contributed by atoms with Gasteiger partial charge in [0.25, 0.3) is 5.56 Å². The van der Waals surface area contributed by atoms with E-state index in [1.54, 1.807) is 6.92 Å². The zero-order chi connectivity index (χ0) is 25.6. The number of thiazole rings is 1. The number of alkyl halides is 2. The lowest BCUT2D eigenvalue weighted by Crippen LogP contribution is -2.36. The maximum Gasteiger partial charge on any atom is 0.387 e. The summed E-state index contributed by atoms with van der Waals surface area (Å²) in [6.07, 6.45) is -0.288. The van der Waals surface area contributed by atoms with E-state index in [4.69, 9.17) is 4.42 Å². The summed E-state index contributed by atoms with van der Waals surface area (Å²) < 4.78 is 64.5. The minimum Gasteiger partial charge on any atom is -0.444 e. The van der Waals surface area contributed by atoms with Crippen LogP contribution in [-0.4, -0.2) is 26.6 Å². The van der Waals surface area contributed by atoms with Crippen molar-refractivity contribution < 1.29 is 31.5 Å². The van der Waals surface area contributed by atoms with Crippen LogP contribution in [0.5, 0.6) is 5.75 Å². The molecule has 0 spiro atoms. The molecule has 3 aromatic heterocycles. The van der Waals surface area contributed by atoms with Crippen molar-refractivity contribution in [2.24, 2.45) is 14.1 Å². The van der Waals surface area contributed by atoms with E-state index in [0.717, 1.165) is 20.5 Å². The Kier molecular flexibility index (Phi) is 6.23. The lowest BCUT2D eigenvalue weighted by molar-refractivity contribution is -0.115. The molecule has 0 saturated carbocycles. The van der Waals surface area contributed by atoms with Crippen LogP contribution in [0.3, 0.4) is 0 Å². The third-order valence-electron chi connectivity index (χ3n) is 5.19. The number of ether oxygens (including phenoxy) is 1. The zero-order valence-corrected chi connectivity index (χ0v) is 19.1. The first kappa shape index (κ1) is 24.2. The molecular formula is C21H16F4N4O5S. The lowest BCUT2D eigenvalue weighted by Gasteiger charge is -2.08. The van der Waals surface area contributed by atoms with Crippen LogP contribution < -0.4 is 21.3 Å². The SMILES string of the molecule is Cc1oc2c(c1CC(=O)Nc1nc(-c3cc(F)c(OC(F)F)cc3F)cs1)c(=O)n(C)c(=O)n2C. The number of amides is 1. The van der Waals surface area contributed by atoms with Gasteiger partial charge in [0.15, 0.2) is 16.7 Å². The number of aromatic nitrogens is 3. The number of nitrogens with one attached hydrogen (secondary N) is 1. The minimum absolute atomic E-state index is 0.0340. The zero-order valence-electron chi connectivity index (χ0n) is 18.3. The Morgan fingerprint density at radius 2 is 1.91 bits per heavy atom. The number of benzene rings is 1. The molecule has 9 nitrogen and oxygen atoms in total. The predicted molar refractivity (Wildman–Crippen MR) is 118 cm³/mol. The molecular weight excluding hydrogens is 496 g/mol. The molecule has 1 amide bonds. The average Bonchev–Trinajstić information content (AvgIpc) is 3.37. The monoisotopic (exact) mass is 512 g/mol. The van der Waals surface area contributed by atoms with Crippen LogP contribution in [0.25, 0.3) is 22.4 Å². The molecule has 1 aromatic carbocycles. The van der Waals surface area contributed by atoms with Crippen LogP contribution in [0, 0.1) is 18.6 Å².